The van der Waals surface area contributed by atoms with Crippen molar-refractivity contribution in [1.82, 2.24) is 10.2 Å². The summed E-state index contributed by atoms with van der Waals surface area (Å²) >= 11 is 2.64. The van der Waals surface area contributed by atoms with Crippen LogP contribution < -0.4 is 14.4 Å². The lowest BCUT2D eigenvalue weighted by molar-refractivity contribution is -0.132. The Labute approximate surface area is 273 Å². The maximum absolute atomic E-state index is 13.6. The Bertz CT molecular complexity index is 1920. The van der Waals surface area contributed by atoms with Crippen LogP contribution in [0.5, 0.6) is 17.2 Å². The fourth-order valence-electron chi connectivity index (χ4n) is 5.08. The number of hydrogen-bond donors (Lipinski definition) is 2. The summed E-state index contributed by atoms with van der Waals surface area (Å²) in [6, 6.07) is 27.9. The van der Waals surface area contributed by atoms with Crippen molar-refractivity contribution in [3.05, 3.63) is 130 Å². The van der Waals surface area contributed by atoms with Crippen molar-refractivity contribution >= 4 is 45.7 Å². The average molecular weight is 652 g/mol. The molecule has 0 spiro atoms. The number of rotatable bonds is 10. The van der Waals surface area contributed by atoms with Crippen LogP contribution in [-0.4, -0.2) is 39.2 Å². The number of aromatic nitrogens is 2. The molecule has 6 rings (SSSR count). The van der Waals surface area contributed by atoms with E-state index in [0.29, 0.717) is 33.6 Å². The highest BCUT2D eigenvalue weighted by atomic mass is 32.2. The van der Waals surface area contributed by atoms with Gasteiger partial charge in [0.05, 0.1) is 18.7 Å². The molecule has 2 N–H and O–H groups in total. The molecule has 11 heteroatoms. The molecule has 5 aromatic rings. The van der Waals surface area contributed by atoms with Gasteiger partial charge >= 0.3 is 5.91 Å². The number of nitrogens with zero attached hydrogens (tertiary/aromatic N) is 3. The number of amides is 1. The van der Waals surface area contributed by atoms with Crippen LogP contribution in [-0.2, 0) is 21.9 Å². The molecule has 0 saturated carbocycles. The van der Waals surface area contributed by atoms with Crippen molar-refractivity contribution in [3.8, 4) is 17.2 Å². The molecule has 46 heavy (non-hydrogen) atoms. The number of ketones is 1. The van der Waals surface area contributed by atoms with Gasteiger partial charge in [0.25, 0.3) is 5.78 Å². The van der Waals surface area contributed by atoms with Crippen LogP contribution in [0.1, 0.15) is 33.9 Å². The van der Waals surface area contributed by atoms with E-state index in [0.717, 1.165) is 16.7 Å². The Balaban J connectivity index is 1.33. The second-order valence-electron chi connectivity index (χ2n) is 10.5. The quantitative estimate of drug-likeness (QED) is 0.0537. The minimum Gasteiger partial charge on any atom is -0.507 e. The van der Waals surface area contributed by atoms with Gasteiger partial charge in [-0.3, -0.25) is 14.5 Å². The summed E-state index contributed by atoms with van der Waals surface area (Å²) in [7, 11) is 1.40. The number of aliphatic hydroxyl groups is 1. The fraction of sp³-hybridized carbons (Fsp3) is 0.143. The van der Waals surface area contributed by atoms with E-state index >= 15 is 0 Å². The standard InChI is InChI=1S/C35H29N3O6S2/c1-21-8-6-7-11-25(21)19-44-26-15-12-23(13-16-26)31(40)29-30(24-14-17-27(39)28(18-24)43-2)38(33(42)32(29)41)34-36-37-35(46-34)45-20-22-9-4-3-5-10-22/h3-18,30,39-40H,19-20H2,1-2H3/b31-29+. The van der Waals surface area contributed by atoms with Crippen molar-refractivity contribution in [2.24, 2.45) is 0 Å². The first-order valence-electron chi connectivity index (χ1n) is 14.3. The molecule has 0 bridgehead atoms. The molecule has 1 saturated heterocycles. The first kappa shape index (κ1) is 30.9. The van der Waals surface area contributed by atoms with Crippen LogP contribution in [0.25, 0.3) is 5.76 Å². The molecule has 232 valence electrons. The number of hydrogen-bond acceptors (Lipinski definition) is 10. The number of ether oxygens (including phenoxy) is 2. The average Bonchev–Trinajstić information content (AvgIpc) is 3.65. The summed E-state index contributed by atoms with van der Waals surface area (Å²) in [6.07, 6.45) is 0. The van der Waals surface area contributed by atoms with Gasteiger partial charge in [-0.15, -0.1) is 10.2 Å². The number of phenols is 1. The van der Waals surface area contributed by atoms with Gasteiger partial charge in [-0.25, -0.2) is 0 Å². The summed E-state index contributed by atoms with van der Waals surface area (Å²) in [4.78, 5) is 28.5. The van der Waals surface area contributed by atoms with Crippen LogP contribution in [0.2, 0.25) is 0 Å². The maximum Gasteiger partial charge on any atom is 0.301 e. The molecule has 4 aromatic carbocycles. The number of anilines is 1. The molecular formula is C35H29N3O6S2. The third-order valence-corrected chi connectivity index (χ3v) is 9.68. The van der Waals surface area contributed by atoms with E-state index in [1.165, 1.54) is 47.2 Å². The second-order valence-corrected chi connectivity index (χ2v) is 12.6. The van der Waals surface area contributed by atoms with Gasteiger partial charge in [0, 0.05) is 11.3 Å². The predicted octanol–water partition coefficient (Wildman–Crippen LogP) is 7.06. The number of methoxy groups -OCH3 is 1. The Morgan fingerprint density at radius 2 is 1.70 bits per heavy atom. The lowest BCUT2D eigenvalue weighted by Crippen LogP contribution is -2.29. The largest absolute Gasteiger partial charge is 0.507 e. The minimum absolute atomic E-state index is 0.111. The van der Waals surface area contributed by atoms with E-state index in [4.69, 9.17) is 9.47 Å². The van der Waals surface area contributed by atoms with Crippen molar-refractivity contribution in [2.45, 2.75) is 29.7 Å². The maximum atomic E-state index is 13.6. The number of aliphatic hydroxyl groups excluding tert-OH is 1. The Hall–Kier alpha value is -5.13. The highest BCUT2D eigenvalue weighted by molar-refractivity contribution is 8.00. The number of Topliss-reactive ketones (excluding diaryl/α,β-unsaturated/α-hetero) is 1. The Morgan fingerprint density at radius 3 is 2.43 bits per heavy atom. The van der Waals surface area contributed by atoms with Crippen LogP contribution in [0, 0.1) is 6.92 Å². The van der Waals surface area contributed by atoms with Crippen molar-refractivity contribution in [1.29, 1.82) is 0 Å². The highest BCUT2D eigenvalue weighted by Crippen LogP contribution is 2.45. The molecule has 1 aliphatic heterocycles. The lowest BCUT2D eigenvalue weighted by Gasteiger charge is -2.23. The van der Waals surface area contributed by atoms with Gasteiger partial charge in [0.2, 0.25) is 5.13 Å². The van der Waals surface area contributed by atoms with Gasteiger partial charge in [-0.05, 0) is 65.6 Å². The molecule has 1 atom stereocenters. The van der Waals surface area contributed by atoms with Gasteiger partial charge < -0.3 is 19.7 Å². The summed E-state index contributed by atoms with van der Waals surface area (Å²) in [5.74, 6) is -0.816. The molecule has 1 unspecified atom stereocenters. The summed E-state index contributed by atoms with van der Waals surface area (Å²) in [6.45, 7) is 2.39. The first-order chi connectivity index (χ1) is 22.3. The summed E-state index contributed by atoms with van der Waals surface area (Å²) < 4.78 is 11.9. The molecule has 1 fully saturated rings. The van der Waals surface area contributed by atoms with E-state index in [1.807, 2.05) is 61.5 Å². The zero-order valence-electron chi connectivity index (χ0n) is 24.9. The SMILES string of the molecule is COc1cc(C2/C(=C(\O)c3ccc(OCc4ccccc4C)cc3)C(=O)C(=O)N2c2nnc(SCc3ccccc3)s2)ccc1O. The van der Waals surface area contributed by atoms with Crippen LogP contribution in [0.4, 0.5) is 5.13 Å². The third-order valence-electron chi connectivity index (χ3n) is 7.55. The van der Waals surface area contributed by atoms with Crippen LogP contribution in [0.3, 0.4) is 0 Å². The molecular weight excluding hydrogens is 623 g/mol. The highest BCUT2D eigenvalue weighted by Gasteiger charge is 2.48. The molecule has 1 aliphatic rings. The van der Waals surface area contributed by atoms with E-state index in [-0.39, 0.29) is 28.0 Å². The first-order valence-corrected chi connectivity index (χ1v) is 16.1. The molecule has 0 radical (unpaired) electrons. The summed E-state index contributed by atoms with van der Waals surface area (Å²) in [5, 5.41) is 30.5. The molecule has 9 nitrogen and oxygen atoms in total. The monoisotopic (exact) mass is 651 g/mol. The van der Waals surface area contributed by atoms with E-state index < -0.39 is 17.7 Å². The van der Waals surface area contributed by atoms with Crippen molar-refractivity contribution < 1.29 is 29.3 Å². The topological polar surface area (TPSA) is 122 Å². The number of benzene rings is 4. The molecule has 0 aliphatic carbocycles. The van der Waals surface area contributed by atoms with Crippen molar-refractivity contribution in [2.75, 3.05) is 12.0 Å². The van der Waals surface area contributed by atoms with Crippen LogP contribution in [0.15, 0.2) is 107 Å². The van der Waals surface area contributed by atoms with E-state index in [1.54, 1.807) is 30.3 Å². The second kappa shape index (κ2) is 13.5. The van der Waals surface area contributed by atoms with Gasteiger partial charge in [-0.1, -0.05) is 83.8 Å². The Morgan fingerprint density at radius 1 is 0.957 bits per heavy atom. The zero-order chi connectivity index (χ0) is 32.2. The third kappa shape index (κ3) is 6.33. The summed E-state index contributed by atoms with van der Waals surface area (Å²) in [5.41, 5.74) is 3.91. The Kier molecular flexibility index (Phi) is 9.04. The predicted molar refractivity (Wildman–Crippen MR) is 177 cm³/mol. The van der Waals surface area contributed by atoms with E-state index in [9.17, 15) is 19.8 Å². The number of aromatic hydroxyl groups is 1. The van der Waals surface area contributed by atoms with Gasteiger partial charge in [0.1, 0.15) is 18.1 Å². The number of carbonyl (C=O) groups excluding carboxylic acids is 2. The van der Waals surface area contributed by atoms with E-state index in [2.05, 4.69) is 10.2 Å². The number of thioether (sulfide) groups is 1. The fourth-order valence-corrected chi connectivity index (χ4v) is 6.91. The zero-order valence-corrected chi connectivity index (χ0v) is 26.5. The molecule has 1 amide bonds. The van der Waals surface area contributed by atoms with Gasteiger partial charge in [0.15, 0.2) is 15.8 Å². The van der Waals surface area contributed by atoms with Crippen LogP contribution >= 0.6 is 23.1 Å². The molecule has 2 heterocycles. The van der Waals surface area contributed by atoms with Crippen molar-refractivity contribution in [3.63, 3.8) is 0 Å². The smallest absolute Gasteiger partial charge is 0.301 e. The lowest BCUT2D eigenvalue weighted by atomic mass is 9.95. The molecule has 1 aromatic heterocycles. The minimum atomic E-state index is -1.06. The number of phenolic OH excluding ortho intramolecular Hbond substituents is 1. The normalized spacial score (nSPS) is 15.7. The van der Waals surface area contributed by atoms with Gasteiger partial charge in [-0.2, -0.15) is 0 Å². The number of aryl methyl sites for hydroxylation is 1. The number of carbonyl (C=O) groups is 2.